The fourth-order valence-corrected chi connectivity index (χ4v) is 2.50. The second-order valence-electron chi connectivity index (χ2n) is 5.74. The molecule has 0 fully saturated rings. The predicted molar refractivity (Wildman–Crippen MR) is 87.9 cm³/mol. The van der Waals surface area contributed by atoms with Crippen LogP contribution in [-0.4, -0.2) is 44.0 Å². The first kappa shape index (κ1) is 22.0. The van der Waals surface area contributed by atoms with E-state index in [1.807, 2.05) is 0 Å². The number of primary amides is 1. The van der Waals surface area contributed by atoms with Crippen LogP contribution in [0, 0.1) is 23.5 Å². The maximum atomic E-state index is 13.7. The van der Waals surface area contributed by atoms with E-state index >= 15 is 0 Å². The molecule has 0 bridgehead atoms. The highest BCUT2D eigenvalue weighted by Crippen LogP contribution is 2.20. The Morgan fingerprint density at radius 3 is 2.11 bits per heavy atom. The lowest BCUT2D eigenvalue weighted by Gasteiger charge is -2.26. The number of benzene rings is 1. The van der Waals surface area contributed by atoms with Crippen molar-refractivity contribution in [2.45, 2.75) is 19.4 Å². The molecule has 2 amide bonds. The summed E-state index contributed by atoms with van der Waals surface area (Å²) in [6.07, 6.45) is -0.510. The minimum absolute atomic E-state index is 0.109. The van der Waals surface area contributed by atoms with Crippen LogP contribution in [0.15, 0.2) is 18.2 Å². The van der Waals surface area contributed by atoms with E-state index in [0.717, 1.165) is 26.4 Å². The van der Waals surface area contributed by atoms with Crippen LogP contribution in [0.2, 0.25) is 0 Å². The Labute approximate surface area is 154 Å². The van der Waals surface area contributed by atoms with Gasteiger partial charge in [0.2, 0.25) is 11.8 Å². The van der Waals surface area contributed by atoms with Gasteiger partial charge in [-0.1, -0.05) is 13.0 Å². The van der Waals surface area contributed by atoms with Gasteiger partial charge in [0.15, 0.2) is 5.92 Å². The molecular formula is C17H20F2N2O6. The fraction of sp³-hybridized carbons (Fsp3) is 0.412. The molecule has 0 radical (unpaired) electrons. The maximum absolute atomic E-state index is 13.7. The maximum Gasteiger partial charge on any atom is 0.320 e. The molecule has 0 saturated carbocycles. The Balaban J connectivity index is 2.99. The predicted octanol–water partition coefficient (Wildman–Crippen LogP) is 0.0757. The Kier molecular flexibility index (Phi) is 7.82. The summed E-state index contributed by atoms with van der Waals surface area (Å²) in [6.45, 7) is 1.33. The molecule has 0 aliphatic rings. The second kappa shape index (κ2) is 9.60. The Morgan fingerprint density at radius 1 is 1.11 bits per heavy atom. The van der Waals surface area contributed by atoms with Crippen LogP contribution >= 0.6 is 0 Å². The van der Waals surface area contributed by atoms with Crippen LogP contribution in [-0.2, 0) is 35.1 Å². The van der Waals surface area contributed by atoms with Gasteiger partial charge in [0, 0.05) is 12.0 Å². The molecule has 1 aromatic rings. The number of nitrogens with two attached hydrogens (primary N) is 1. The van der Waals surface area contributed by atoms with Gasteiger partial charge in [0.05, 0.1) is 20.6 Å². The number of carbonyl (C=O) groups is 4. The first-order valence-corrected chi connectivity index (χ1v) is 7.80. The first-order chi connectivity index (χ1) is 12.6. The molecule has 0 unspecified atom stereocenters. The molecule has 0 spiro atoms. The van der Waals surface area contributed by atoms with Gasteiger partial charge in [-0.3, -0.25) is 19.2 Å². The smallest absolute Gasteiger partial charge is 0.320 e. The van der Waals surface area contributed by atoms with E-state index in [1.54, 1.807) is 0 Å². The van der Waals surface area contributed by atoms with E-state index in [9.17, 15) is 28.0 Å². The average Bonchev–Trinajstić information content (AvgIpc) is 2.61. The number of esters is 2. The molecule has 0 saturated heterocycles. The minimum atomic E-state index is -1.51. The number of hydrogen-bond acceptors (Lipinski definition) is 6. The molecule has 2 atom stereocenters. The number of hydrogen-bond donors (Lipinski definition) is 2. The number of ether oxygens (including phenoxy) is 2. The van der Waals surface area contributed by atoms with Crippen molar-refractivity contribution in [3.05, 3.63) is 35.4 Å². The Bertz CT molecular complexity index is 724. The van der Waals surface area contributed by atoms with Crippen molar-refractivity contribution in [2.24, 2.45) is 17.6 Å². The van der Waals surface area contributed by atoms with Crippen molar-refractivity contribution in [1.29, 1.82) is 0 Å². The van der Waals surface area contributed by atoms with Gasteiger partial charge in [-0.2, -0.15) is 0 Å². The highest BCUT2D eigenvalue weighted by Gasteiger charge is 2.41. The molecule has 0 aliphatic heterocycles. The zero-order valence-electron chi connectivity index (χ0n) is 15.0. The van der Waals surface area contributed by atoms with Crippen molar-refractivity contribution in [1.82, 2.24) is 5.32 Å². The third kappa shape index (κ3) is 5.73. The Morgan fingerprint density at radius 2 is 1.67 bits per heavy atom. The molecule has 27 heavy (non-hydrogen) atoms. The largest absolute Gasteiger partial charge is 0.468 e. The van der Waals surface area contributed by atoms with Crippen molar-refractivity contribution >= 4 is 23.8 Å². The van der Waals surface area contributed by atoms with Crippen LogP contribution in [0.1, 0.15) is 12.5 Å². The summed E-state index contributed by atoms with van der Waals surface area (Å²) >= 11 is 0. The zero-order valence-corrected chi connectivity index (χ0v) is 15.0. The quantitative estimate of drug-likeness (QED) is 0.481. The van der Waals surface area contributed by atoms with E-state index in [2.05, 4.69) is 14.8 Å². The number of amides is 2. The molecule has 0 aliphatic carbocycles. The van der Waals surface area contributed by atoms with Gasteiger partial charge in [-0.15, -0.1) is 0 Å². The third-order valence-corrected chi connectivity index (χ3v) is 3.95. The van der Waals surface area contributed by atoms with E-state index in [4.69, 9.17) is 5.73 Å². The molecule has 8 nitrogen and oxygen atoms in total. The lowest BCUT2D eigenvalue weighted by atomic mass is 9.86. The standard InChI is InChI=1S/C17H20F2N2O6/c1-8(13(16(24)26-2)17(25)27-3)14(15(20)23)21-12(22)6-9-4-5-10(18)7-11(9)19/h4-5,7-8,13-14H,6H2,1-3H3,(H2,20,23)(H,21,22)/t8-,14-/m1/s1. The lowest BCUT2D eigenvalue weighted by molar-refractivity contribution is -0.162. The molecule has 10 heteroatoms. The summed E-state index contributed by atoms with van der Waals surface area (Å²) in [5, 5.41) is 2.26. The van der Waals surface area contributed by atoms with E-state index < -0.39 is 59.7 Å². The lowest BCUT2D eigenvalue weighted by Crippen LogP contribution is -2.53. The third-order valence-electron chi connectivity index (χ3n) is 3.95. The van der Waals surface area contributed by atoms with Gasteiger partial charge in [0.1, 0.15) is 17.7 Å². The van der Waals surface area contributed by atoms with E-state index in [-0.39, 0.29) is 5.56 Å². The van der Waals surface area contributed by atoms with Crippen molar-refractivity contribution in [3.8, 4) is 0 Å². The van der Waals surface area contributed by atoms with Crippen molar-refractivity contribution in [3.63, 3.8) is 0 Å². The van der Waals surface area contributed by atoms with E-state index in [1.165, 1.54) is 6.92 Å². The van der Waals surface area contributed by atoms with Crippen LogP contribution in [0.5, 0.6) is 0 Å². The summed E-state index contributed by atoms with van der Waals surface area (Å²) in [7, 11) is 2.08. The topological polar surface area (TPSA) is 125 Å². The molecule has 1 rings (SSSR count). The monoisotopic (exact) mass is 386 g/mol. The van der Waals surface area contributed by atoms with Gasteiger partial charge in [0.25, 0.3) is 0 Å². The molecular weight excluding hydrogens is 366 g/mol. The van der Waals surface area contributed by atoms with Crippen LogP contribution < -0.4 is 11.1 Å². The average molecular weight is 386 g/mol. The van der Waals surface area contributed by atoms with Crippen LogP contribution in [0.25, 0.3) is 0 Å². The second-order valence-corrected chi connectivity index (χ2v) is 5.74. The van der Waals surface area contributed by atoms with Crippen molar-refractivity contribution < 1.29 is 37.4 Å². The number of methoxy groups -OCH3 is 2. The van der Waals surface area contributed by atoms with Gasteiger partial charge >= 0.3 is 11.9 Å². The van der Waals surface area contributed by atoms with Crippen LogP contribution in [0.4, 0.5) is 8.78 Å². The highest BCUT2D eigenvalue weighted by atomic mass is 19.1. The summed E-state index contributed by atoms with van der Waals surface area (Å²) < 4.78 is 35.6. The Hall–Kier alpha value is -3.04. The number of carbonyl (C=O) groups excluding carboxylic acids is 4. The van der Waals surface area contributed by atoms with Crippen molar-refractivity contribution in [2.75, 3.05) is 14.2 Å². The summed E-state index contributed by atoms with van der Waals surface area (Å²) in [4.78, 5) is 47.6. The molecule has 3 N–H and O–H groups in total. The SMILES string of the molecule is COC(=O)C(C(=O)OC)[C@@H](C)[C@@H](NC(=O)Cc1ccc(F)cc1F)C(N)=O. The van der Waals surface area contributed by atoms with Gasteiger partial charge in [-0.25, -0.2) is 8.78 Å². The summed E-state index contributed by atoms with van der Waals surface area (Å²) in [5.74, 6) is -8.14. The zero-order chi connectivity index (χ0) is 20.7. The molecule has 0 aromatic heterocycles. The van der Waals surface area contributed by atoms with Gasteiger partial charge < -0.3 is 20.5 Å². The van der Waals surface area contributed by atoms with E-state index in [0.29, 0.717) is 6.07 Å². The molecule has 0 heterocycles. The normalized spacial score (nSPS) is 12.8. The van der Waals surface area contributed by atoms with Gasteiger partial charge in [-0.05, 0) is 11.6 Å². The fourth-order valence-electron chi connectivity index (χ4n) is 2.50. The minimum Gasteiger partial charge on any atom is -0.468 e. The number of nitrogens with one attached hydrogen (secondary N) is 1. The molecule has 148 valence electrons. The number of halogens is 2. The summed E-state index contributed by atoms with van der Waals surface area (Å²) in [5.41, 5.74) is 5.16. The first-order valence-electron chi connectivity index (χ1n) is 7.80. The number of rotatable bonds is 8. The van der Waals surface area contributed by atoms with Crippen LogP contribution in [0.3, 0.4) is 0 Å². The summed E-state index contributed by atoms with van der Waals surface area (Å²) in [6, 6.07) is 1.23. The highest BCUT2D eigenvalue weighted by molar-refractivity contribution is 5.97. The molecule has 1 aromatic carbocycles.